The Hall–Kier alpha value is -1.27. The molecule has 1 fully saturated rings. The maximum absolute atomic E-state index is 12.0. The fourth-order valence-corrected chi connectivity index (χ4v) is 2.89. The van der Waals surface area contributed by atoms with Crippen LogP contribution >= 0.6 is 11.6 Å². The standard InChI is InChI=1S/C9H9ClN2O3S/c10-7-1-3-8(4-2-7)16(14,15)12-6-5-11-9(12)13/h1-4H,5-6H2,(H,11,13). The van der Waals surface area contributed by atoms with Gasteiger partial charge < -0.3 is 5.32 Å². The van der Waals surface area contributed by atoms with Crippen LogP contribution in [0.2, 0.25) is 5.02 Å². The van der Waals surface area contributed by atoms with Gasteiger partial charge in [0.25, 0.3) is 10.0 Å². The second kappa shape index (κ2) is 3.95. The molecule has 0 bridgehead atoms. The van der Waals surface area contributed by atoms with Crippen LogP contribution in [0.3, 0.4) is 0 Å². The zero-order valence-corrected chi connectivity index (χ0v) is 9.75. The van der Waals surface area contributed by atoms with Gasteiger partial charge in [-0.1, -0.05) is 11.6 Å². The van der Waals surface area contributed by atoms with E-state index in [1.54, 1.807) is 0 Å². The van der Waals surface area contributed by atoms with E-state index in [1.165, 1.54) is 24.3 Å². The molecule has 1 heterocycles. The third kappa shape index (κ3) is 1.85. The molecule has 1 aromatic carbocycles. The Morgan fingerprint density at radius 3 is 2.38 bits per heavy atom. The maximum atomic E-state index is 12.0. The summed E-state index contributed by atoms with van der Waals surface area (Å²) in [6.45, 7) is 0.495. The highest BCUT2D eigenvalue weighted by Gasteiger charge is 2.32. The molecule has 0 unspecified atom stereocenters. The van der Waals surface area contributed by atoms with Crippen LogP contribution in [-0.4, -0.2) is 31.8 Å². The van der Waals surface area contributed by atoms with Crippen LogP contribution in [0.15, 0.2) is 29.2 Å². The molecule has 0 radical (unpaired) electrons. The van der Waals surface area contributed by atoms with E-state index in [1.807, 2.05) is 0 Å². The first-order valence-corrected chi connectivity index (χ1v) is 6.40. The zero-order valence-electron chi connectivity index (χ0n) is 8.18. The minimum Gasteiger partial charge on any atom is -0.335 e. The van der Waals surface area contributed by atoms with Crippen LogP contribution in [0.5, 0.6) is 0 Å². The lowest BCUT2D eigenvalue weighted by Gasteiger charge is -2.14. The number of carbonyl (C=O) groups excluding carboxylic acids is 1. The van der Waals surface area contributed by atoms with Gasteiger partial charge in [-0.25, -0.2) is 17.5 Å². The van der Waals surface area contributed by atoms with Crippen molar-refractivity contribution in [1.29, 1.82) is 0 Å². The Kier molecular flexibility index (Phi) is 2.77. The number of nitrogens with zero attached hydrogens (tertiary/aromatic N) is 1. The van der Waals surface area contributed by atoms with Gasteiger partial charge in [-0.2, -0.15) is 0 Å². The summed E-state index contributed by atoms with van der Waals surface area (Å²) in [4.78, 5) is 11.3. The van der Waals surface area contributed by atoms with Gasteiger partial charge in [-0.3, -0.25) is 0 Å². The van der Waals surface area contributed by atoms with E-state index in [0.29, 0.717) is 11.6 Å². The van der Waals surface area contributed by atoms with E-state index in [-0.39, 0.29) is 11.4 Å². The normalized spacial score (nSPS) is 16.3. The highest BCUT2D eigenvalue weighted by Crippen LogP contribution is 2.19. The Morgan fingerprint density at radius 1 is 1.25 bits per heavy atom. The fraction of sp³-hybridized carbons (Fsp3) is 0.222. The van der Waals surface area contributed by atoms with Crippen molar-refractivity contribution in [1.82, 2.24) is 9.62 Å². The van der Waals surface area contributed by atoms with Crippen LogP contribution in [0.1, 0.15) is 0 Å². The highest BCUT2D eigenvalue weighted by molar-refractivity contribution is 7.89. The van der Waals surface area contributed by atoms with E-state index >= 15 is 0 Å². The van der Waals surface area contributed by atoms with Crippen LogP contribution in [0.25, 0.3) is 0 Å². The first-order chi connectivity index (χ1) is 7.51. The highest BCUT2D eigenvalue weighted by atomic mass is 35.5. The summed E-state index contributed by atoms with van der Waals surface area (Å²) in [6, 6.07) is 5.12. The molecule has 16 heavy (non-hydrogen) atoms. The minimum absolute atomic E-state index is 0.0638. The minimum atomic E-state index is -3.74. The number of halogens is 1. The van der Waals surface area contributed by atoms with E-state index in [2.05, 4.69) is 5.32 Å². The van der Waals surface area contributed by atoms with E-state index in [4.69, 9.17) is 11.6 Å². The number of urea groups is 1. The number of benzene rings is 1. The first-order valence-electron chi connectivity index (χ1n) is 4.58. The largest absolute Gasteiger partial charge is 0.335 e. The topological polar surface area (TPSA) is 66.5 Å². The number of carbonyl (C=O) groups is 1. The Morgan fingerprint density at radius 2 is 1.88 bits per heavy atom. The summed E-state index contributed by atoms with van der Waals surface area (Å²) in [6.07, 6.45) is 0. The van der Waals surface area contributed by atoms with Gasteiger partial charge in [0.15, 0.2) is 0 Å². The second-order valence-electron chi connectivity index (χ2n) is 3.26. The molecular formula is C9H9ClN2O3S. The van der Waals surface area contributed by atoms with Gasteiger partial charge in [0.1, 0.15) is 0 Å². The van der Waals surface area contributed by atoms with E-state index in [9.17, 15) is 13.2 Å². The summed E-state index contributed by atoms with van der Waals surface area (Å²) >= 11 is 5.66. The lowest BCUT2D eigenvalue weighted by Crippen LogP contribution is -2.34. The van der Waals surface area contributed by atoms with Crippen molar-refractivity contribution in [2.75, 3.05) is 13.1 Å². The van der Waals surface area contributed by atoms with E-state index in [0.717, 1.165) is 4.31 Å². The number of amides is 2. The lowest BCUT2D eigenvalue weighted by molar-refractivity contribution is 0.236. The maximum Gasteiger partial charge on any atom is 0.331 e. The molecule has 1 N–H and O–H groups in total. The lowest BCUT2D eigenvalue weighted by atomic mass is 10.4. The Labute approximate surface area is 98.1 Å². The van der Waals surface area contributed by atoms with Crippen molar-refractivity contribution in [2.24, 2.45) is 0 Å². The summed E-state index contributed by atoms with van der Waals surface area (Å²) in [5.74, 6) is 0. The van der Waals surface area contributed by atoms with Gasteiger partial charge >= 0.3 is 6.03 Å². The number of hydrogen-bond donors (Lipinski definition) is 1. The Bertz CT molecular complexity index is 512. The summed E-state index contributed by atoms with van der Waals surface area (Å²) in [7, 11) is -3.74. The zero-order chi connectivity index (χ0) is 11.8. The molecule has 0 spiro atoms. The Balaban J connectivity index is 2.39. The molecule has 2 amide bonds. The number of sulfonamides is 1. The van der Waals surface area contributed by atoms with Crippen molar-refractivity contribution in [3.8, 4) is 0 Å². The van der Waals surface area contributed by atoms with Crippen molar-refractivity contribution in [2.45, 2.75) is 4.90 Å². The summed E-state index contributed by atoms with van der Waals surface area (Å²) < 4.78 is 24.8. The fourth-order valence-electron chi connectivity index (χ4n) is 1.42. The molecule has 0 aromatic heterocycles. The predicted octanol–water partition coefficient (Wildman–Crippen LogP) is 1.05. The second-order valence-corrected chi connectivity index (χ2v) is 5.56. The molecule has 5 nitrogen and oxygen atoms in total. The van der Waals surface area contributed by atoms with Gasteiger partial charge in [0.2, 0.25) is 0 Å². The molecule has 86 valence electrons. The van der Waals surface area contributed by atoms with Gasteiger partial charge in [0, 0.05) is 11.6 Å². The summed E-state index contributed by atoms with van der Waals surface area (Å²) in [5.41, 5.74) is 0. The van der Waals surface area contributed by atoms with Gasteiger partial charge in [-0.05, 0) is 24.3 Å². The van der Waals surface area contributed by atoms with Gasteiger partial charge in [0.05, 0.1) is 11.4 Å². The SMILES string of the molecule is O=C1NCCN1S(=O)(=O)c1ccc(Cl)cc1. The molecular weight excluding hydrogens is 252 g/mol. The molecule has 0 aliphatic carbocycles. The molecule has 1 aliphatic heterocycles. The first kappa shape index (κ1) is 11.2. The third-order valence-corrected chi connectivity index (χ3v) is 4.27. The van der Waals surface area contributed by atoms with E-state index < -0.39 is 16.1 Å². The van der Waals surface area contributed by atoms with Crippen molar-refractivity contribution < 1.29 is 13.2 Å². The summed E-state index contributed by atoms with van der Waals surface area (Å²) in [5, 5.41) is 2.89. The predicted molar refractivity (Wildman–Crippen MR) is 58.7 cm³/mol. The average Bonchev–Trinajstić information content (AvgIpc) is 2.66. The number of rotatable bonds is 2. The van der Waals surface area contributed by atoms with Crippen LogP contribution in [0.4, 0.5) is 4.79 Å². The molecule has 1 aliphatic rings. The van der Waals surface area contributed by atoms with Crippen molar-refractivity contribution in [3.63, 3.8) is 0 Å². The average molecular weight is 261 g/mol. The number of hydrogen-bond acceptors (Lipinski definition) is 3. The smallest absolute Gasteiger partial charge is 0.331 e. The monoisotopic (exact) mass is 260 g/mol. The van der Waals surface area contributed by atoms with Crippen molar-refractivity contribution in [3.05, 3.63) is 29.3 Å². The van der Waals surface area contributed by atoms with Crippen LogP contribution in [0, 0.1) is 0 Å². The van der Waals surface area contributed by atoms with Crippen molar-refractivity contribution >= 4 is 27.7 Å². The third-order valence-electron chi connectivity index (χ3n) is 2.22. The quantitative estimate of drug-likeness (QED) is 0.864. The molecule has 1 aromatic rings. The van der Waals surface area contributed by atoms with Gasteiger partial charge in [-0.15, -0.1) is 0 Å². The molecule has 0 saturated carbocycles. The molecule has 1 saturated heterocycles. The molecule has 2 rings (SSSR count). The number of nitrogens with one attached hydrogen (secondary N) is 1. The molecule has 0 atom stereocenters. The molecule has 7 heteroatoms. The van der Waals surface area contributed by atoms with Crippen LogP contribution < -0.4 is 5.32 Å². The van der Waals surface area contributed by atoms with Crippen LogP contribution in [-0.2, 0) is 10.0 Å².